The number of hydrogen-bond acceptors (Lipinski definition) is 2. The fraction of sp³-hybridized carbons (Fsp3) is 1.00. The smallest absolute Gasteiger partial charge is 0.257 e. The highest BCUT2D eigenvalue weighted by atomic mass is 28.4. The highest BCUT2D eigenvalue weighted by molar-refractivity contribution is 6.70. The van der Waals surface area contributed by atoms with Crippen LogP contribution < -0.4 is 0 Å². The zero-order chi connectivity index (χ0) is 4.62. The predicted octanol–water partition coefficient (Wildman–Crippen LogP) is 1.04. The lowest BCUT2D eigenvalue weighted by Gasteiger charge is -1.79. The largest absolute Gasteiger partial charge is 0.403 e. The Morgan fingerprint density at radius 2 is 2.00 bits per heavy atom. The van der Waals surface area contributed by atoms with Gasteiger partial charge in [-0.15, -0.1) is 0 Å². The maximum absolute atomic E-state index is 4.68. The Labute approximate surface area is 38.2 Å². The summed E-state index contributed by atoms with van der Waals surface area (Å²) in [7, 11) is -1.38. The minimum absolute atomic E-state index is 1.08. The molecule has 6 heavy (non-hydrogen) atoms. The van der Waals surface area contributed by atoms with E-state index in [-0.39, 0.29) is 0 Å². The van der Waals surface area contributed by atoms with E-state index in [9.17, 15) is 0 Å². The van der Waals surface area contributed by atoms with Gasteiger partial charge < -0.3 is 0 Å². The van der Waals surface area contributed by atoms with Gasteiger partial charge in [0.25, 0.3) is 0 Å². The normalized spacial score (nSPS) is 27.0. The summed E-state index contributed by atoms with van der Waals surface area (Å²) in [5.41, 5.74) is 0. The van der Waals surface area contributed by atoms with Gasteiger partial charge in [0.05, 0.1) is 0 Å². The van der Waals surface area contributed by atoms with Crippen molar-refractivity contribution in [2.24, 2.45) is 0 Å². The van der Waals surface area contributed by atoms with Crippen LogP contribution >= 0.6 is 0 Å². The molecule has 0 unspecified atom stereocenters. The summed E-state index contributed by atoms with van der Waals surface area (Å²) in [6.07, 6.45) is 0. The van der Waals surface area contributed by atoms with Crippen molar-refractivity contribution in [2.45, 2.75) is 19.5 Å². The molecule has 0 spiro atoms. The van der Waals surface area contributed by atoms with Gasteiger partial charge in [-0.3, -0.25) is 9.15 Å². The van der Waals surface area contributed by atoms with Gasteiger partial charge in [-0.2, -0.15) is 0 Å². The topological polar surface area (TPSA) is 25.1 Å². The first-order valence-corrected chi connectivity index (χ1v) is 4.66. The molecule has 1 fully saturated rings. The molecule has 2 nitrogen and oxygen atoms in total. The monoisotopic (exact) mass is 104 g/mol. The first-order chi connectivity index (χ1) is 2.77. The third kappa shape index (κ3) is 0.615. The quantitative estimate of drug-likeness (QED) is 0.282. The molecule has 1 aliphatic rings. The summed E-state index contributed by atoms with van der Waals surface area (Å²) >= 11 is 0. The van der Waals surface area contributed by atoms with Crippen LogP contribution in [0.5, 0.6) is 0 Å². The standard InChI is InChI=1S/C3H8O2Si/c1-3-6(2)4-5-6/h3H2,1-2H3. The molecule has 1 heterocycles. The van der Waals surface area contributed by atoms with Crippen LogP contribution in [-0.4, -0.2) is 8.56 Å². The molecule has 0 aromatic heterocycles. The Morgan fingerprint density at radius 3 is 2.00 bits per heavy atom. The van der Waals surface area contributed by atoms with Crippen molar-refractivity contribution in [2.75, 3.05) is 0 Å². The van der Waals surface area contributed by atoms with E-state index in [1.165, 1.54) is 0 Å². The van der Waals surface area contributed by atoms with Gasteiger partial charge in [0.15, 0.2) is 0 Å². The summed E-state index contributed by atoms with van der Waals surface area (Å²) in [6, 6.07) is 1.08. The molecule has 1 aliphatic heterocycles. The van der Waals surface area contributed by atoms with E-state index >= 15 is 0 Å². The van der Waals surface area contributed by atoms with Gasteiger partial charge >= 0.3 is 8.56 Å². The van der Waals surface area contributed by atoms with E-state index in [0.717, 1.165) is 6.04 Å². The molecule has 0 aliphatic carbocycles. The molecule has 0 aromatic carbocycles. The molecule has 3 heteroatoms. The Kier molecular flexibility index (Phi) is 0.755. The van der Waals surface area contributed by atoms with Gasteiger partial charge in [-0.05, 0) is 12.6 Å². The van der Waals surface area contributed by atoms with Crippen molar-refractivity contribution in [1.29, 1.82) is 0 Å². The second-order valence-corrected chi connectivity index (χ2v) is 4.96. The summed E-state index contributed by atoms with van der Waals surface area (Å²) in [5.74, 6) is 0. The van der Waals surface area contributed by atoms with Crippen molar-refractivity contribution < 1.29 is 9.15 Å². The second kappa shape index (κ2) is 1.05. The number of rotatable bonds is 1. The lowest BCUT2D eigenvalue weighted by atomic mass is 11.0. The predicted molar refractivity (Wildman–Crippen MR) is 24.3 cm³/mol. The Balaban J connectivity index is 2.28. The van der Waals surface area contributed by atoms with Crippen LogP contribution in [0.3, 0.4) is 0 Å². The first kappa shape index (κ1) is 4.30. The highest BCUT2D eigenvalue weighted by Gasteiger charge is 2.46. The van der Waals surface area contributed by atoms with Gasteiger partial charge in [0.2, 0.25) is 0 Å². The lowest BCUT2D eigenvalue weighted by molar-refractivity contribution is 0.0850. The first-order valence-electron chi connectivity index (χ1n) is 2.14. The highest BCUT2D eigenvalue weighted by Crippen LogP contribution is 2.26. The lowest BCUT2D eigenvalue weighted by Crippen LogP contribution is -2.05. The molecule has 0 aromatic rings. The Hall–Kier alpha value is 0.137. The van der Waals surface area contributed by atoms with Crippen molar-refractivity contribution in [3.05, 3.63) is 0 Å². The number of hydrogen-bond donors (Lipinski definition) is 0. The van der Waals surface area contributed by atoms with Crippen LogP contribution in [0.25, 0.3) is 0 Å². The average Bonchev–Trinajstić information content (AvgIpc) is 2.22. The van der Waals surface area contributed by atoms with Crippen LogP contribution in [0.4, 0.5) is 0 Å². The van der Waals surface area contributed by atoms with Crippen LogP contribution in [0.2, 0.25) is 12.6 Å². The van der Waals surface area contributed by atoms with Crippen molar-refractivity contribution in [3.8, 4) is 0 Å². The molecule has 0 saturated carbocycles. The third-order valence-electron chi connectivity index (χ3n) is 1.01. The second-order valence-electron chi connectivity index (χ2n) is 1.65. The fourth-order valence-electron chi connectivity index (χ4n) is 0.189. The summed E-state index contributed by atoms with van der Waals surface area (Å²) in [4.78, 5) is 0. The van der Waals surface area contributed by atoms with Crippen molar-refractivity contribution >= 4 is 8.56 Å². The molecular weight excluding hydrogens is 96.1 g/mol. The summed E-state index contributed by atoms with van der Waals surface area (Å²) in [6.45, 7) is 4.13. The fourth-order valence-corrected chi connectivity index (χ4v) is 0.994. The minimum Gasteiger partial charge on any atom is -0.257 e. The van der Waals surface area contributed by atoms with E-state index < -0.39 is 8.56 Å². The zero-order valence-electron chi connectivity index (χ0n) is 4.02. The average molecular weight is 104 g/mol. The third-order valence-corrected chi connectivity index (χ3v) is 3.03. The van der Waals surface area contributed by atoms with E-state index in [1.807, 2.05) is 6.55 Å². The van der Waals surface area contributed by atoms with Crippen LogP contribution in [-0.2, 0) is 9.15 Å². The van der Waals surface area contributed by atoms with Crippen molar-refractivity contribution in [1.82, 2.24) is 0 Å². The van der Waals surface area contributed by atoms with Crippen LogP contribution in [0.1, 0.15) is 6.92 Å². The Bertz CT molecular complexity index is 59.8. The molecule has 1 saturated heterocycles. The van der Waals surface area contributed by atoms with Crippen LogP contribution in [0, 0.1) is 0 Å². The Morgan fingerprint density at radius 1 is 1.50 bits per heavy atom. The van der Waals surface area contributed by atoms with Crippen molar-refractivity contribution in [3.63, 3.8) is 0 Å². The van der Waals surface area contributed by atoms with Gasteiger partial charge in [-0.1, -0.05) is 6.92 Å². The van der Waals surface area contributed by atoms with Gasteiger partial charge in [0.1, 0.15) is 0 Å². The molecular formula is C3H8O2Si. The SMILES string of the molecule is CC[Si]1(C)OO1. The molecule has 0 amide bonds. The van der Waals surface area contributed by atoms with Crippen LogP contribution in [0.15, 0.2) is 0 Å². The van der Waals surface area contributed by atoms with Gasteiger partial charge in [0, 0.05) is 0 Å². The maximum atomic E-state index is 4.68. The molecule has 1 rings (SSSR count). The summed E-state index contributed by atoms with van der Waals surface area (Å²) in [5, 5.41) is 0. The molecule has 0 bridgehead atoms. The summed E-state index contributed by atoms with van der Waals surface area (Å²) < 4.78 is 9.37. The van der Waals surface area contributed by atoms with E-state index in [2.05, 4.69) is 16.1 Å². The molecule has 0 radical (unpaired) electrons. The van der Waals surface area contributed by atoms with E-state index in [1.54, 1.807) is 0 Å². The minimum atomic E-state index is -1.38. The van der Waals surface area contributed by atoms with E-state index in [0.29, 0.717) is 0 Å². The van der Waals surface area contributed by atoms with E-state index in [4.69, 9.17) is 0 Å². The zero-order valence-corrected chi connectivity index (χ0v) is 5.02. The van der Waals surface area contributed by atoms with Gasteiger partial charge in [-0.25, -0.2) is 0 Å². The maximum Gasteiger partial charge on any atom is 0.403 e. The molecule has 0 atom stereocenters. The molecule has 0 N–H and O–H groups in total. The molecule has 36 valence electrons.